The van der Waals surface area contributed by atoms with E-state index in [1.165, 1.54) is 19.1 Å². The third kappa shape index (κ3) is 3.74. The number of hydrogen-bond donors (Lipinski definition) is 2. The van der Waals surface area contributed by atoms with Crippen molar-refractivity contribution in [2.24, 2.45) is 0 Å². The average molecular weight is 390 g/mol. The second-order valence-corrected chi connectivity index (χ2v) is 6.23. The van der Waals surface area contributed by atoms with Gasteiger partial charge in [-0.25, -0.2) is 0 Å². The summed E-state index contributed by atoms with van der Waals surface area (Å²) in [5, 5.41) is 9.10. The predicted octanol–water partition coefficient (Wildman–Crippen LogP) is 4.88. The maximum Gasteiger partial charge on any atom is 0.416 e. The van der Waals surface area contributed by atoms with Crippen LogP contribution in [0.3, 0.4) is 0 Å². The smallest absolute Gasteiger partial charge is 0.321 e. The normalized spacial score (nSPS) is 11.8. The van der Waals surface area contributed by atoms with E-state index in [1.807, 2.05) is 13.8 Å². The van der Waals surface area contributed by atoms with Gasteiger partial charge in [-0.3, -0.25) is 9.89 Å². The van der Waals surface area contributed by atoms with Gasteiger partial charge in [-0.2, -0.15) is 18.3 Å². The standard InChI is InChI=1S/C15H15BrF3N3O/c1-7(2)12-11(16)13(22-21-12)14(23)20-9-5-4-8(3)10(6-9)15(17,18)19/h4-7H,1-3H3,(H,20,23)(H,21,22). The molecule has 2 aromatic rings. The van der Waals surface area contributed by atoms with Gasteiger partial charge >= 0.3 is 6.18 Å². The molecule has 0 saturated carbocycles. The summed E-state index contributed by atoms with van der Waals surface area (Å²) >= 11 is 3.29. The van der Waals surface area contributed by atoms with Gasteiger partial charge in [-0.05, 0) is 46.5 Å². The zero-order valence-corrected chi connectivity index (χ0v) is 14.3. The number of carbonyl (C=O) groups excluding carboxylic acids is 1. The average Bonchev–Trinajstić information content (AvgIpc) is 2.81. The van der Waals surface area contributed by atoms with Gasteiger partial charge in [0.05, 0.1) is 15.7 Å². The monoisotopic (exact) mass is 389 g/mol. The molecular weight excluding hydrogens is 375 g/mol. The highest BCUT2D eigenvalue weighted by molar-refractivity contribution is 9.10. The summed E-state index contributed by atoms with van der Waals surface area (Å²) in [6.07, 6.45) is -4.47. The van der Waals surface area contributed by atoms with Crippen molar-refractivity contribution in [1.29, 1.82) is 0 Å². The van der Waals surface area contributed by atoms with Crippen LogP contribution in [0.25, 0.3) is 0 Å². The second-order valence-electron chi connectivity index (χ2n) is 5.44. The minimum atomic E-state index is -4.47. The molecule has 2 N–H and O–H groups in total. The Kier molecular flexibility index (Phi) is 4.84. The number of amides is 1. The van der Waals surface area contributed by atoms with Crippen LogP contribution in [0, 0.1) is 6.92 Å². The molecule has 124 valence electrons. The fourth-order valence-electron chi connectivity index (χ4n) is 2.07. The molecule has 0 radical (unpaired) electrons. The van der Waals surface area contributed by atoms with E-state index in [4.69, 9.17) is 0 Å². The number of hydrogen-bond acceptors (Lipinski definition) is 2. The molecule has 0 bridgehead atoms. The van der Waals surface area contributed by atoms with Crippen molar-refractivity contribution in [2.75, 3.05) is 5.32 Å². The number of H-pyrrole nitrogens is 1. The first kappa shape index (κ1) is 17.5. The molecule has 8 heteroatoms. The number of carbonyl (C=O) groups is 1. The van der Waals surface area contributed by atoms with Crippen molar-refractivity contribution >= 4 is 27.5 Å². The fraction of sp³-hybridized carbons (Fsp3) is 0.333. The second kappa shape index (κ2) is 6.35. The molecule has 0 aliphatic carbocycles. The fourth-order valence-corrected chi connectivity index (χ4v) is 2.89. The molecule has 2 rings (SSSR count). The van der Waals surface area contributed by atoms with E-state index in [-0.39, 0.29) is 22.9 Å². The van der Waals surface area contributed by atoms with Crippen molar-refractivity contribution in [1.82, 2.24) is 10.2 Å². The van der Waals surface area contributed by atoms with Crippen LogP contribution < -0.4 is 5.32 Å². The molecule has 23 heavy (non-hydrogen) atoms. The van der Waals surface area contributed by atoms with Gasteiger partial charge in [0.15, 0.2) is 5.69 Å². The van der Waals surface area contributed by atoms with E-state index < -0.39 is 17.6 Å². The third-order valence-corrected chi connectivity index (χ3v) is 4.13. The van der Waals surface area contributed by atoms with Crippen molar-refractivity contribution in [3.8, 4) is 0 Å². The first-order valence-electron chi connectivity index (χ1n) is 6.84. The molecule has 0 unspecified atom stereocenters. The van der Waals surface area contributed by atoms with Gasteiger partial charge in [0.25, 0.3) is 5.91 Å². The molecule has 4 nitrogen and oxygen atoms in total. The highest BCUT2D eigenvalue weighted by Gasteiger charge is 2.32. The first-order chi connectivity index (χ1) is 10.6. The molecule has 0 spiro atoms. The van der Waals surface area contributed by atoms with Crippen LogP contribution in [0.5, 0.6) is 0 Å². The summed E-state index contributed by atoms with van der Waals surface area (Å²) in [4.78, 5) is 12.2. The van der Waals surface area contributed by atoms with Crippen LogP contribution in [0.15, 0.2) is 22.7 Å². The van der Waals surface area contributed by atoms with Gasteiger partial charge in [0.2, 0.25) is 0 Å². The minimum Gasteiger partial charge on any atom is -0.321 e. The van der Waals surface area contributed by atoms with Crippen molar-refractivity contribution in [3.05, 3.63) is 45.2 Å². The summed E-state index contributed by atoms with van der Waals surface area (Å²) in [6.45, 7) is 5.22. The lowest BCUT2D eigenvalue weighted by Gasteiger charge is -2.12. The van der Waals surface area contributed by atoms with Crippen LogP contribution in [-0.4, -0.2) is 16.1 Å². The molecule has 0 aliphatic rings. The predicted molar refractivity (Wildman–Crippen MR) is 84.5 cm³/mol. The van der Waals surface area contributed by atoms with Crippen LogP contribution in [0.2, 0.25) is 0 Å². The summed E-state index contributed by atoms with van der Waals surface area (Å²) in [6, 6.07) is 3.65. The van der Waals surface area contributed by atoms with E-state index in [2.05, 4.69) is 31.4 Å². The van der Waals surface area contributed by atoms with Gasteiger partial charge < -0.3 is 5.32 Å². The Morgan fingerprint density at radius 3 is 2.52 bits per heavy atom. The number of nitrogens with one attached hydrogen (secondary N) is 2. The third-order valence-electron chi connectivity index (χ3n) is 3.33. The Bertz CT molecular complexity index is 738. The van der Waals surface area contributed by atoms with Crippen LogP contribution in [-0.2, 0) is 6.18 Å². The summed E-state index contributed by atoms with van der Waals surface area (Å²) < 4.78 is 39.2. The number of halogens is 4. The number of benzene rings is 1. The maximum atomic E-state index is 12.9. The van der Waals surface area contributed by atoms with E-state index in [0.717, 1.165) is 11.8 Å². The van der Waals surface area contributed by atoms with E-state index in [9.17, 15) is 18.0 Å². The number of aromatic nitrogens is 2. The van der Waals surface area contributed by atoms with Crippen LogP contribution in [0.4, 0.5) is 18.9 Å². The molecular formula is C15H15BrF3N3O. The number of anilines is 1. The lowest BCUT2D eigenvalue weighted by Crippen LogP contribution is -2.15. The number of aryl methyl sites for hydroxylation is 1. The summed E-state index contributed by atoms with van der Waals surface area (Å²) in [5.74, 6) is -0.466. The lowest BCUT2D eigenvalue weighted by atomic mass is 10.1. The Morgan fingerprint density at radius 2 is 2.00 bits per heavy atom. The number of rotatable bonds is 3. The van der Waals surface area contributed by atoms with Gasteiger partial charge in [-0.15, -0.1) is 0 Å². The van der Waals surface area contributed by atoms with Crippen molar-refractivity contribution in [2.45, 2.75) is 32.9 Å². The Hall–Kier alpha value is -1.83. The number of nitrogens with zero attached hydrogens (tertiary/aromatic N) is 1. The quantitative estimate of drug-likeness (QED) is 0.785. The Labute approximate surface area is 139 Å². The highest BCUT2D eigenvalue weighted by atomic mass is 79.9. The van der Waals surface area contributed by atoms with Gasteiger partial charge in [-0.1, -0.05) is 19.9 Å². The molecule has 1 aromatic heterocycles. The van der Waals surface area contributed by atoms with Crippen molar-refractivity contribution < 1.29 is 18.0 Å². The largest absolute Gasteiger partial charge is 0.416 e. The molecule has 1 aromatic carbocycles. The first-order valence-corrected chi connectivity index (χ1v) is 7.63. The molecule has 0 fully saturated rings. The van der Waals surface area contributed by atoms with E-state index in [0.29, 0.717) is 4.47 Å². The van der Waals surface area contributed by atoms with E-state index >= 15 is 0 Å². The van der Waals surface area contributed by atoms with Gasteiger partial charge in [0, 0.05) is 5.69 Å². The van der Waals surface area contributed by atoms with Crippen LogP contribution in [0.1, 0.15) is 47.1 Å². The Morgan fingerprint density at radius 1 is 1.35 bits per heavy atom. The summed E-state index contributed by atoms with van der Waals surface area (Å²) in [7, 11) is 0. The zero-order chi connectivity index (χ0) is 17.4. The van der Waals surface area contributed by atoms with Crippen LogP contribution >= 0.6 is 15.9 Å². The number of aromatic amines is 1. The van der Waals surface area contributed by atoms with E-state index in [1.54, 1.807) is 0 Å². The molecule has 0 aliphatic heterocycles. The lowest BCUT2D eigenvalue weighted by molar-refractivity contribution is -0.138. The number of alkyl halides is 3. The van der Waals surface area contributed by atoms with Crippen molar-refractivity contribution in [3.63, 3.8) is 0 Å². The molecule has 0 saturated heterocycles. The van der Waals surface area contributed by atoms with Gasteiger partial charge in [0.1, 0.15) is 0 Å². The molecule has 1 heterocycles. The molecule has 1 amide bonds. The SMILES string of the molecule is Cc1ccc(NC(=O)c2n[nH]c(C(C)C)c2Br)cc1C(F)(F)F. The highest BCUT2D eigenvalue weighted by Crippen LogP contribution is 2.33. The summed E-state index contributed by atoms with van der Waals surface area (Å²) in [5.41, 5.74) is 0.226. The minimum absolute atomic E-state index is 0.0638. The maximum absolute atomic E-state index is 12.9. The molecule has 0 atom stereocenters. The Balaban J connectivity index is 2.28. The zero-order valence-electron chi connectivity index (χ0n) is 12.7. The topological polar surface area (TPSA) is 57.8 Å².